The Hall–Kier alpha value is -2.15. The van der Waals surface area contributed by atoms with Gasteiger partial charge in [0.25, 0.3) is 5.69 Å². The first-order valence-electron chi connectivity index (χ1n) is 5.28. The zero-order chi connectivity index (χ0) is 13.5. The predicted molar refractivity (Wildman–Crippen MR) is 62.0 cm³/mol. The summed E-state index contributed by atoms with van der Waals surface area (Å²) in [5, 5.41) is 19.5. The highest BCUT2D eigenvalue weighted by atomic mass is 16.6. The Morgan fingerprint density at radius 2 is 2.17 bits per heavy atom. The van der Waals surface area contributed by atoms with Gasteiger partial charge in [-0.2, -0.15) is 0 Å². The highest BCUT2D eigenvalue weighted by molar-refractivity contribution is 5.91. The number of rotatable bonds is 7. The van der Waals surface area contributed by atoms with Gasteiger partial charge in [-0.05, 0) is 13.0 Å². The number of nitro benzene ring substituents is 1. The van der Waals surface area contributed by atoms with E-state index < -0.39 is 10.9 Å². The molecule has 0 atom stereocenters. The first-order chi connectivity index (χ1) is 8.56. The molecule has 0 bridgehead atoms. The van der Waals surface area contributed by atoms with Gasteiger partial charge in [0.05, 0.1) is 11.5 Å². The molecule has 7 nitrogen and oxygen atoms in total. The Balaban J connectivity index is 2.83. The molecule has 18 heavy (non-hydrogen) atoms. The normalized spacial score (nSPS) is 10.1. The van der Waals surface area contributed by atoms with E-state index in [9.17, 15) is 14.9 Å². The Labute approximate surface area is 103 Å². The van der Waals surface area contributed by atoms with E-state index in [4.69, 9.17) is 14.6 Å². The van der Waals surface area contributed by atoms with Crippen molar-refractivity contribution in [3.05, 3.63) is 33.9 Å². The van der Waals surface area contributed by atoms with Crippen LogP contribution in [0.1, 0.15) is 17.3 Å². The van der Waals surface area contributed by atoms with Crippen LogP contribution in [0, 0.1) is 10.1 Å². The minimum absolute atomic E-state index is 0.0906. The molecule has 0 amide bonds. The van der Waals surface area contributed by atoms with Crippen LogP contribution >= 0.6 is 0 Å². The Morgan fingerprint density at radius 1 is 1.44 bits per heavy atom. The fourth-order valence-corrected chi connectivity index (χ4v) is 1.28. The summed E-state index contributed by atoms with van der Waals surface area (Å²) < 4.78 is 10.2. The number of non-ortho nitro benzene ring substituents is 1. The maximum atomic E-state index is 11.0. The van der Waals surface area contributed by atoms with E-state index in [2.05, 4.69) is 0 Å². The molecular formula is C11H13NO6. The number of benzene rings is 1. The molecule has 1 N–H and O–H groups in total. The molecule has 0 saturated carbocycles. The SMILES string of the molecule is CCOCCOc1ccc([N+](=O)[O-])cc1C(=O)O. The van der Waals surface area contributed by atoms with Crippen LogP contribution in [0.15, 0.2) is 18.2 Å². The smallest absolute Gasteiger partial charge is 0.339 e. The molecule has 0 aliphatic carbocycles. The lowest BCUT2D eigenvalue weighted by Crippen LogP contribution is -2.09. The quantitative estimate of drug-likeness (QED) is 0.452. The van der Waals surface area contributed by atoms with Crippen molar-refractivity contribution >= 4 is 11.7 Å². The number of nitro groups is 1. The second-order valence-corrected chi connectivity index (χ2v) is 3.29. The van der Waals surface area contributed by atoms with Crippen LogP contribution in [0.2, 0.25) is 0 Å². The number of carboxylic acids is 1. The topological polar surface area (TPSA) is 98.9 Å². The zero-order valence-corrected chi connectivity index (χ0v) is 9.79. The molecule has 0 fully saturated rings. The maximum Gasteiger partial charge on any atom is 0.339 e. The highest BCUT2D eigenvalue weighted by Gasteiger charge is 2.16. The van der Waals surface area contributed by atoms with Crippen molar-refractivity contribution in [1.29, 1.82) is 0 Å². The fourth-order valence-electron chi connectivity index (χ4n) is 1.28. The molecule has 0 aliphatic heterocycles. The Morgan fingerprint density at radius 3 is 2.72 bits per heavy atom. The summed E-state index contributed by atoms with van der Waals surface area (Å²) >= 11 is 0. The van der Waals surface area contributed by atoms with Crippen LogP contribution < -0.4 is 4.74 Å². The van der Waals surface area contributed by atoms with Gasteiger partial charge in [0.1, 0.15) is 17.9 Å². The van der Waals surface area contributed by atoms with Crippen LogP contribution in [0.25, 0.3) is 0 Å². The van der Waals surface area contributed by atoms with E-state index in [1.807, 2.05) is 6.92 Å². The summed E-state index contributed by atoms with van der Waals surface area (Å²) in [4.78, 5) is 20.8. The lowest BCUT2D eigenvalue weighted by molar-refractivity contribution is -0.384. The first-order valence-corrected chi connectivity index (χ1v) is 5.28. The number of nitrogens with zero attached hydrogens (tertiary/aromatic N) is 1. The van der Waals surface area contributed by atoms with Gasteiger partial charge in [0.2, 0.25) is 0 Å². The van der Waals surface area contributed by atoms with Gasteiger partial charge >= 0.3 is 5.97 Å². The third-order valence-electron chi connectivity index (χ3n) is 2.09. The molecule has 1 rings (SSSR count). The van der Waals surface area contributed by atoms with Crippen molar-refractivity contribution < 1.29 is 24.3 Å². The van der Waals surface area contributed by atoms with Crippen molar-refractivity contribution in [1.82, 2.24) is 0 Å². The van der Waals surface area contributed by atoms with E-state index in [-0.39, 0.29) is 23.6 Å². The lowest BCUT2D eigenvalue weighted by Gasteiger charge is -2.08. The predicted octanol–water partition coefficient (Wildman–Crippen LogP) is 1.71. The highest BCUT2D eigenvalue weighted by Crippen LogP contribution is 2.24. The monoisotopic (exact) mass is 255 g/mol. The molecule has 0 unspecified atom stereocenters. The van der Waals surface area contributed by atoms with Crippen molar-refractivity contribution in [2.45, 2.75) is 6.92 Å². The number of carboxylic acid groups (broad SMARTS) is 1. The molecule has 98 valence electrons. The van der Waals surface area contributed by atoms with Crippen molar-refractivity contribution in [3.63, 3.8) is 0 Å². The van der Waals surface area contributed by atoms with Gasteiger partial charge in [-0.15, -0.1) is 0 Å². The second kappa shape index (κ2) is 6.55. The van der Waals surface area contributed by atoms with E-state index in [1.165, 1.54) is 12.1 Å². The first kappa shape index (κ1) is 13.9. The van der Waals surface area contributed by atoms with Crippen molar-refractivity contribution in [3.8, 4) is 5.75 Å². The minimum atomic E-state index is -1.27. The van der Waals surface area contributed by atoms with Crippen molar-refractivity contribution in [2.75, 3.05) is 19.8 Å². The number of carbonyl (C=O) groups is 1. The summed E-state index contributed by atoms with van der Waals surface area (Å²) in [5.74, 6) is -1.18. The number of hydrogen-bond acceptors (Lipinski definition) is 5. The molecule has 0 aromatic heterocycles. The molecule has 1 aromatic rings. The van der Waals surface area contributed by atoms with E-state index in [0.717, 1.165) is 6.07 Å². The van der Waals surface area contributed by atoms with E-state index in [1.54, 1.807) is 0 Å². The Bertz CT molecular complexity index is 445. The van der Waals surface area contributed by atoms with Crippen LogP contribution in [0.3, 0.4) is 0 Å². The summed E-state index contributed by atoms with van der Waals surface area (Å²) in [6.07, 6.45) is 0. The van der Waals surface area contributed by atoms with Gasteiger partial charge in [-0.3, -0.25) is 10.1 Å². The van der Waals surface area contributed by atoms with Crippen LogP contribution in [-0.4, -0.2) is 35.8 Å². The van der Waals surface area contributed by atoms with Crippen LogP contribution in [-0.2, 0) is 4.74 Å². The molecule has 7 heteroatoms. The maximum absolute atomic E-state index is 11.0. The fraction of sp³-hybridized carbons (Fsp3) is 0.364. The number of ether oxygens (including phenoxy) is 2. The molecule has 0 aliphatic rings. The summed E-state index contributed by atoms with van der Waals surface area (Å²) in [7, 11) is 0. The zero-order valence-electron chi connectivity index (χ0n) is 9.79. The van der Waals surface area contributed by atoms with Crippen molar-refractivity contribution in [2.24, 2.45) is 0 Å². The summed E-state index contributed by atoms with van der Waals surface area (Å²) in [6, 6.07) is 3.44. The van der Waals surface area contributed by atoms with Gasteiger partial charge in [0, 0.05) is 18.7 Å². The third kappa shape index (κ3) is 3.70. The van der Waals surface area contributed by atoms with Crippen LogP contribution in [0.5, 0.6) is 5.75 Å². The third-order valence-corrected chi connectivity index (χ3v) is 2.09. The van der Waals surface area contributed by atoms with Gasteiger partial charge in [-0.25, -0.2) is 4.79 Å². The second-order valence-electron chi connectivity index (χ2n) is 3.29. The summed E-state index contributed by atoms with van der Waals surface area (Å²) in [5.41, 5.74) is -0.523. The van der Waals surface area contributed by atoms with E-state index in [0.29, 0.717) is 13.2 Å². The van der Waals surface area contributed by atoms with Gasteiger partial charge < -0.3 is 14.6 Å². The Kier molecular flexibility index (Phi) is 5.06. The molecule has 0 spiro atoms. The average Bonchev–Trinajstić information content (AvgIpc) is 2.34. The molecular weight excluding hydrogens is 242 g/mol. The molecule has 1 aromatic carbocycles. The number of aromatic carboxylic acids is 1. The molecule has 0 saturated heterocycles. The van der Waals surface area contributed by atoms with Gasteiger partial charge in [0.15, 0.2) is 0 Å². The average molecular weight is 255 g/mol. The molecule has 0 radical (unpaired) electrons. The van der Waals surface area contributed by atoms with Crippen LogP contribution in [0.4, 0.5) is 5.69 Å². The number of hydrogen-bond donors (Lipinski definition) is 1. The summed E-state index contributed by atoms with van der Waals surface area (Å²) in [6.45, 7) is 2.88. The molecule has 0 heterocycles. The standard InChI is InChI=1S/C11H13NO6/c1-2-17-5-6-18-10-4-3-8(12(15)16)7-9(10)11(13)14/h3-4,7H,2,5-6H2,1H3,(H,13,14). The minimum Gasteiger partial charge on any atom is -0.490 e. The largest absolute Gasteiger partial charge is 0.490 e. The lowest BCUT2D eigenvalue weighted by atomic mass is 10.2. The van der Waals surface area contributed by atoms with Gasteiger partial charge in [-0.1, -0.05) is 0 Å². The van der Waals surface area contributed by atoms with E-state index >= 15 is 0 Å².